The third kappa shape index (κ3) is 3.13. The largest absolute Gasteiger partial charge is 0.315 e. The zero-order valence-electron chi connectivity index (χ0n) is 11.8. The molecule has 1 saturated heterocycles. The molecule has 0 radical (unpaired) electrons. The number of pyridine rings is 1. The van der Waals surface area contributed by atoms with Gasteiger partial charge in [-0.1, -0.05) is 17.4 Å². The summed E-state index contributed by atoms with van der Waals surface area (Å²) in [5.74, 6) is 1.39. The third-order valence-corrected chi connectivity index (χ3v) is 4.33. The van der Waals surface area contributed by atoms with Crippen molar-refractivity contribution in [3.05, 3.63) is 28.9 Å². The Morgan fingerprint density at radius 1 is 1.35 bits per heavy atom. The summed E-state index contributed by atoms with van der Waals surface area (Å²) < 4.78 is 0. The van der Waals surface area contributed by atoms with Gasteiger partial charge in [-0.15, -0.1) is 10.2 Å². The fourth-order valence-electron chi connectivity index (χ4n) is 2.61. The van der Waals surface area contributed by atoms with Crippen LogP contribution in [0.2, 0.25) is 0 Å². The van der Waals surface area contributed by atoms with Gasteiger partial charge in [0.25, 0.3) is 0 Å². The van der Waals surface area contributed by atoms with Crippen LogP contribution in [-0.2, 0) is 0 Å². The second-order valence-corrected chi connectivity index (χ2v) is 6.48. The minimum absolute atomic E-state index is 0.534. The summed E-state index contributed by atoms with van der Waals surface area (Å²) in [4.78, 5) is 7.12. The predicted molar refractivity (Wildman–Crippen MR) is 81.6 cm³/mol. The van der Waals surface area contributed by atoms with Gasteiger partial charge >= 0.3 is 0 Å². The number of hydrogen-bond donors (Lipinski definition) is 1. The van der Waals surface area contributed by atoms with Crippen molar-refractivity contribution in [3.8, 4) is 0 Å². The number of rotatable bonds is 3. The number of aromatic nitrogens is 3. The molecular weight excluding hydrogens is 270 g/mol. The molecule has 5 nitrogen and oxygen atoms in total. The van der Waals surface area contributed by atoms with Crippen LogP contribution in [0.25, 0.3) is 0 Å². The topological polar surface area (TPSA) is 53.9 Å². The quantitative estimate of drug-likeness (QED) is 0.941. The standard InChI is InChI=1S/C14H19N5S/c1-10-17-18-14(20-10)16-13-7-3-6-12(15-13)11-5-4-8-19(2)9-11/h3,6-7,11H,4-5,8-9H2,1-2H3,(H,15,16,18)/t11-/m1/s1. The molecule has 1 atom stereocenters. The Bertz CT molecular complexity index is 582. The van der Waals surface area contributed by atoms with E-state index in [1.165, 1.54) is 25.1 Å². The number of hydrogen-bond acceptors (Lipinski definition) is 6. The van der Waals surface area contributed by atoms with Crippen LogP contribution >= 0.6 is 11.3 Å². The van der Waals surface area contributed by atoms with Crippen molar-refractivity contribution in [3.63, 3.8) is 0 Å². The van der Waals surface area contributed by atoms with Crippen molar-refractivity contribution < 1.29 is 0 Å². The average molecular weight is 289 g/mol. The number of anilines is 2. The van der Waals surface area contributed by atoms with Crippen LogP contribution in [0.5, 0.6) is 0 Å². The molecule has 3 heterocycles. The van der Waals surface area contributed by atoms with Gasteiger partial charge in [-0.05, 0) is 45.5 Å². The first-order valence-corrected chi connectivity index (χ1v) is 7.75. The summed E-state index contributed by atoms with van der Waals surface area (Å²) in [6.07, 6.45) is 2.47. The molecule has 20 heavy (non-hydrogen) atoms. The van der Waals surface area contributed by atoms with Gasteiger partial charge in [-0.2, -0.15) is 0 Å². The summed E-state index contributed by atoms with van der Waals surface area (Å²) in [5.41, 5.74) is 1.17. The molecule has 0 aromatic carbocycles. The summed E-state index contributed by atoms with van der Waals surface area (Å²) in [6.45, 7) is 4.23. The molecule has 0 bridgehead atoms. The number of nitrogens with one attached hydrogen (secondary N) is 1. The highest BCUT2D eigenvalue weighted by molar-refractivity contribution is 7.15. The molecular formula is C14H19N5S. The van der Waals surface area contributed by atoms with Crippen molar-refractivity contribution in [1.82, 2.24) is 20.1 Å². The summed E-state index contributed by atoms with van der Waals surface area (Å²) in [7, 11) is 2.18. The third-order valence-electron chi connectivity index (χ3n) is 3.57. The molecule has 6 heteroatoms. The van der Waals surface area contributed by atoms with Crippen LogP contribution in [0.4, 0.5) is 10.9 Å². The van der Waals surface area contributed by atoms with E-state index in [0.29, 0.717) is 5.92 Å². The van der Waals surface area contributed by atoms with Gasteiger partial charge in [0.05, 0.1) is 0 Å². The molecule has 1 fully saturated rings. The average Bonchev–Trinajstić information content (AvgIpc) is 2.84. The first-order chi connectivity index (χ1) is 9.70. The lowest BCUT2D eigenvalue weighted by atomic mass is 9.95. The lowest BCUT2D eigenvalue weighted by Gasteiger charge is -2.29. The van der Waals surface area contributed by atoms with Crippen molar-refractivity contribution >= 4 is 22.3 Å². The highest BCUT2D eigenvalue weighted by atomic mass is 32.1. The van der Waals surface area contributed by atoms with Crippen molar-refractivity contribution in [2.75, 3.05) is 25.5 Å². The lowest BCUT2D eigenvalue weighted by Crippen LogP contribution is -2.31. The molecule has 2 aromatic heterocycles. The van der Waals surface area contributed by atoms with E-state index in [1.807, 2.05) is 13.0 Å². The monoisotopic (exact) mass is 289 g/mol. The lowest BCUT2D eigenvalue weighted by molar-refractivity contribution is 0.248. The molecule has 1 aliphatic rings. The molecule has 106 valence electrons. The van der Waals surface area contributed by atoms with E-state index in [2.05, 4.69) is 39.6 Å². The zero-order valence-corrected chi connectivity index (χ0v) is 12.7. The number of aryl methyl sites for hydroxylation is 1. The highest BCUT2D eigenvalue weighted by Crippen LogP contribution is 2.26. The Morgan fingerprint density at radius 3 is 3.00 bits per heavy atom. The smallest absolute Gasteiger partial charge is 0.211 e. The first-order valence-electron chi connectivity index (χ1n) is 6.93. The fraction of sp³-hybridized carbons (Fsp3) is 0.500. The van der Waals surface area contributed by atoms with Gasteiger partial charge in [0, 0.05) is 18.2 Å². The van der Waals surface area contributed by atoms with E-state index in [9.17, 15) is 0 Å². The number of likely N-dealkylation sites (tertiary alicyclic amines) is 1. The van der Waals surface area contributed by atoms with E-state index in [-0.39, 0.29) is 0 Å². The molecule has 0 aliphatic carbocycles. The van der Waals surface area contributed by atoms with Gasteiger partial charge in [-0.3, -0.25) is 0 Å². The van der Waals surface area contributed by atoms with E-state index in [0.717, 1.165) is 22.5 Å². The Kier molecular flexibility index (Phi) is 3.93. The van der Waals surface area contributed by atoms with Crippen molar-refractivity contribution in [2.24, 2.45) is 0 Å². The molecule has 0 spiro atoms. The molecule has 1 aliphatic heterocycles. The second-order valence-electron chi connectivity index (χ2n) is 5.30. The summed E-state index contributed by atoms with van der Waals surface area (Å²) in [6, 6.07) is 6.17. The van der Waals surface area contributed by atoms with Gasteiger partial charge in [0.2, 0.25) is 5.13 Å². The fourth-order valence-corrected chi connectivity index (χ4v) is 3.21. The number of likely N-dealkylation sites (N-methyl/N-ethyl adjacent to an activating group) is 1. The van der Waals surface area contributed by atoms with Gasteiger partial charge < -0.3 is 10.2 Å². The molecule has 0 saturated carbocycles. The van der Waals surface area contributed by atoms with Crippen LogP contribution in [0.3, 0.4) is 0 Å². The maximum atomic E-state index is 4.74. The normalized spacial score (nSPS) is 20.0. The SMILES string of the molecule is Cc1nnc(Nc2cccc([C@@H]3CCCN(C)C3)n2)s1. The Morgan fingerprint density at radius 2 is 2.25 bits per heavy atom. The number of nitrogens with zero attached hydrogens (tertiary/aromatic N) is 4. The van der Waals surface area contributed by atoms with Gasteiger partial charge in [0.15, 0.2) is 0 Å². The van der Waals surface area contributed by atoms with Crippen LogP contribution in [0, 0.1) is 6.92 Å². The predicted octanol–water partition coefficient (Wildman–Crippen LogP) is 2.79. The number of piperidine rings is 1. The maximum absolute atomic E-state index is 4.74. The highest BCUT2D eigenvalue weighted by Gasteiger charge is 2.20. The van der Waals surface area contributed by atoms with Crippen LogP contribution < -0.4 is 5.32 Å². The molecule has 0 amide bonds. The minimum Gasteiger partial charge on any atom is -0.315 e. The van der Waals surface area contributed by atoms with E-state index in [4.69, 9.17) is 4.98 Å². The van der Waals surface area contributed by atoms with Gasteiger partial charge in [0.1, 0.15) is 10.8 Å². The molecule has 1 N–H and O–H groups in total. The van der Waals surface area contributed by atoms with Gasteiger partial charge in [-0.25, -0.2) is 4.98 Å². The minimum atomic E-state index is 0.534. The van der Waals surface area contributed by atoms with Crippen molar-refractivity contribution in [1.29, 1.82) is 0 Å². The van der Waals surface area contributed by atoms with E-state index < -0.39 is 0 Å². The van der Waals surface area contributed by atoms with Crippen LogP contribution in [-0.4, -0.2) is 40.2 Å². The Balaban J connectivity index is 1.75. The van der Waals surface area contributed by atoms with E-state index >= 15 is 0 Å². The van der Waals surface area contributed by atoms with E-state index in [1.54, 1.807) is 11.3 Å². The van der Waals surface area contributed by atoms with Crippen molar-refractivity contribution in [2.45, 2.75) is 25.7 Å². The maximum Gasteiger partial charge on any atom is 0.211 e. The van der Waals surface area contributed by atoms with Crippen LogP contribution in [0.1, 0.15) is 29.5 Å². The summed E-state index contributed by atoms with van der Waals surface area (Å²) in [5, 5.41) is 13.1. The second kappa shape index (κ2) is 5.85. The first kappa shape index (κ1) is 13.5. The van der Waals surface area contributed by atoms with Crippen LogP contribution in [0.15, 0.2) is 18.2 Å². The molecule has 0 unspecified atom stereocenters. The molecule has 3 rings (SSSR count). The molecule has 2 aromatic rings. The Labute approximate surface area is 123 Å². The Hall–Kier alpha value is -1.53. The zero-order chi connectivity index (χ0) is 13.9. The summed E-state index contributed by atoms with van der Waals surface area (Å²) >= 11 is 1.54.